The van der Waals surface area contributed by atoms with Gasteiger partial charge in [0.1, 0.15) is 5.75 Å². The lowest BCUT2D eigenvalue weighted by Gasteiger charge is -2.20. The number of aliphatic carboxylic acids is 1. The molecule has 0 saturated carbocycles. The van der Waals surface area contributed by atoms with E-state index in [2.05, 4.69) is 0 Å². The smallest absolute Gasteiger partial charge is 0.341 e. The SMILES string of the molecule is CCC(C)C(=O)N(C)Cc1ccc(OCC(=O)O)cc1. The number of nitrogens with zero attached hydrogens (tertiary/aromatic N) is 1. The maximum Gasteiger partial charge on any atom is 0.341 e. The van der Waals surface area contributed by atoms with E-state index in [9.17, 15) is 9.59 Å². The topological polar surface area (TPSA) is 66.8 Å². The van der Waals surface area contributed by atoms with Crippen LogP contribution in [0.1, 0.15) is 25.8 Å². The lowest BCUT2D eigenvalue weighted by atomic mass is 10.1. The second-order valence-electron chi connectivity index (χ2n) is 4.83. The number of carboxylic acid groups (broad SMARTS) is 1. The summed E-state index contributed by atoms with van der Waals surface area (Å²) in [6.07, 6.45) is 0.825. The zero-order valence-corrected chi connectivity index (χ0v) is 12.1. The molecule has 1 amide bonds. The van der Waals surface area contributed by atoms with Gasteiger partial charge in [0.25, 0.3) is 0 Å². The van der Waals surface area contributed by atoms with Gasteiger partial charge in [-0.2, -0.15) is 0 Å². The number of carbonyl (C=O) groups is 2. The molecule has 1 atom stereocenters. The number of hydrogen-bond acceptors (Lipinski definition) is 3. The molecule has 0 spiro atoms. The van der Waals surface area contributed by atoms with Crippen LogP contribution >= 0.6 is 0 Å². The monoisotopic (exact) mass is 279 g/mol. The van der Waals surface area contributed by atoms with Crippen LogP contribution in [0.2, 0.25) is 0 Å². The number of carbonyl (C=O) groups excluding carboxylic acids is 1. The van der Waals surface area contributed by atoms with Gasteiger partial charge in [0.15, 0.2) is 6.61 Å². The van der Waals surface area contributed by atoms with Gasteiger partial charge in [0.2, 0.25) is 5.91 Å². The second kappa shape index (κ2) is 7.53. The molecular weight excluding hydrogens is 258 g/mol. The molecule has 5 heteroatoms. The van der Waals surface area contributed by atoms with Gasteiger partial charge in [-0.25, -0.2) is 4.79 Å². The first-order valence-electron chi connectivity index (χ1n) is 6.62. The number of hydrogen-bond donors (Lipinski definition) is 1. The third-order valence-corrected chi connectivity index (χ3v) is 3.12. The Labute approximate surface area is 119 Å². The molecule has 1 N–H and O–H groups in total. The van der Waals surface area contributed by atoms with Crippen molar-refractivity contribution in [2.45, 2.75) is 26.8 Å². The Kier molecular flexibility index (Phi) is 6.03. The number of carboxylic acids is 1. The summed E-state index contributed by atoms with van der Waals surface area (Å²) >= 11 is 0. The highest BCUT2D eigenvalue weighted by atomic mass is 16.5. The van der Waals surface area contributed by atoms with Crippen LogP contribution in [0.4, 0.5) is 0 Å². The van der Waals surface area contributed by atoms with Crippen LogP contribution in [-0.4, -0.2) is 35.5 Å². The Morgan fingerprint density at radius 2 is 1.90 bits per heavy atom. The highest BCUT2D eigenvalue weighted by Gasteiger charge is 2.15. The summed E-state index contributed by atoms with van der Waals surface area (Å²) in [6.45, 7) is 4.08. The summed E-state index contributed by atoms with van der Waals surface area (Å²) < 4.78 is 5.05. The third kappa shape index (κ3) is 4.91. The molecule has 0 fully saturated rings. The van der Waals surface area contributed by atoms with Crippen molar-refractivity contribution in [3.05, 3.63) is 29.8 Å². The quantitative estimate of drug-likeness (QED) is 0.830. The third-order valence-electron chi connectivity index (χ3n) is 3.12. The van der Waals surface area contributed by atoms with E-state index in [0.717, 1.165) is 12.0 Å². The first-order chi connectivity index (χ1) is 9.43. The first-order valence-corrected chi connectivity index (χ1v) is 6.62. The average molecular weight is 279 g/mol. The van der Waals surface area contributed by atoms with E-state index in [1.165, 1.54) is 0 Å². The molecule has 1 rings (SSSR count). The fourth-order valence-electron chi connectivity index (χ4n) is 1.74. The summed E-state index contributed by atoms with van der Waals surface area (Å²) in [7, 11) is 1.78. The van der Waals surface area contributed by atoms with Crippen LogP contribution in [0, 0.1) is 5.92 Å². The van der Waals surface area contributed by atoms with E-state index in [-0.39, 0.29) is 18.4 Å². The van der Waals surface area contributed by atoms with Gasteiger partial charge in [0.05, 0.1) is 0 Å². The molecular formula is C15H21NO4. The van der Waals surface area contributed by atoms with Crippen LogP contribution in [0.5, 0.6) is 5.75 Å². The molecule has 0 aromatic heterocycles. The van der Waals surface area contributed by atoms with Crippen molar-refractivity contribution in [3.63, 3.8) is 0 Å². The Morgan fingerprint density at radius 3 is 2.40 bits per heavy atom. The summed E-state index contributed by atoms with van der Waals surface area (Å²) in [4.78, 5) is 24.0. The van der Waals surface area contributed by atoms with Gasteiger partial charge in [0, 0.05) is 19.5 Å². The van der Waals surface area contributed by atoms with E-state index >= 15 is 0 Å². The van der Waals surface area contributed by atoms with E-state index in [4.69, 9.17) is 9.84 Å². The zero-order valence-electron chi connectivity index (χ0n) is 12.1. The molecule has 5 nitrogen and oxygen atoms in total. The van der Waals surface area contributed by atoms with Gasteiger partial charge in [-0.3, -0.25) is 4.79 Å². The molecule has 0 aliphatic rings. The maximum absolute atomic E-state index is 12.0. The Balaban J connectivity index is 2.56. The van der Waals surface area contributed by atoms with Gasteiger partial charge in [-0.05, 0) is 24.1 Å². The van der Waals surface area contributed by atoms with Crippen molar-refractivity contribution in [2.24, 2.45) is 5.92 Å². The van der Waals surface area contributed by atoms with Crippen LogP contribution in [0.25, 0.3) is 0 Å². The van der Waals surface area contributed by atoms with Crippen molar-refractivity contribution in [1.29, 1.82) is 0 Å². The molecule has 0 aliphatic heterocycles. The average Bonchev–Trinajstić information content (AvgIpc) is 2.44. The number of amides is 1. The van der Waals surface area contributed by atoms with Gasteiger partial charge >= 0.3 is 5.97 Å². The van der Waals surface area contributed by atoms with Crippen molar-refractivity contribution in [2.75, 3.05) is 13.7 Å². The maximum atomic E-state index is 12.0. The molecule has 1 unspecified atom stereocenters. The largest absolute Gasteiger partial charge is 0.482 e. The van der Waals surface area contributed by atoms with Gasteiger partial charge < -0.3 is 14.7 Å². The van der Waals surface area contributed by atoms with Crippen LogP contribution in [0.3, 0.4) is 0 Å². The molecule has 0 aliphatic carbocycles. The van der Waals surface area contributed by atoms with Crippen LogP contribution in [0.15, 0.2) is 24.3 Å². The molecule has 0 radical (unpaired) electrons. The fraction of sp³-hybridized carbons (Fsp3) is 0.467. The molecule has 0 bridgehead atoms. The van der Waals surface area contributed by atoms with Crippen molar-refractivity contribution >= 4 is 11.9 Å². The van der Waals surface area contributed by atoms with Crippen LogP contribution < -0.4 is 4.74 Å². The molecule has 110 valence electrons. The van der Waals surface area contributed by atoms with Crippen molar-refractivity contribution in [3.8, 4) is 5.75 Å². The van der Waals surface area contributed by atoms with Crippen molar-refractivity contribution < 1.29 is 19.4 Å². The zero-order chi connectivity index (χ0) is 15.1. The fourth-order valence-corrected chi connectivity index (χ4v) is 1.74. The van der Waals surface area contributed by atoms with Gasteiger partial charge in [-0.1, -0.05) is 26.0 Å². The minimum atomic E-state index is -1.01. The Morgan fingerprint density at radius 1 is 1.30 bits per heavy atom. The summed E-state index contributed by atoms with van der Waals surface area (Å²) in [6, 6.07) is 7.08. The minimum absolute atomic E-state index is 0.0261. The van der Waals surface area contributed by atoms with E-state index in [1.54, 1.807) is 24.1 Å². The molecule has 0 saturated heterocycles. The van der Waals surface area contributed by atoms with Gasteiger partial charge in [-0.15, -0.1) is 0 Å². The number of rotatable bonds is 7. The highest BCUT2D eigenvalue weighted by Crippen LogP contribution is 2.14. The summed E-state index contributed by atoms with van der Waals surface area (Å²) in [5, 5.41) is 8.52. The highest BCUT2D eigenvalue weighted by molar-refractivity contribution is 5.78. The van der Waals surface area contributed by atoms with E-state index in [1.807, 2.05) is 26.0 Å². The number of benzene rings is 1. The Hall–Kier alpha value is -2.04. The normalized spacial score (nSPS) is 11.8. The standard InChI is InChI=1S/C15H21NO4/c1-4-11(2)15(19)16(3)9-12-5-7-13(8-6-12)20-10-14(17)18/h5-8,11H,4,9-10H2,1-3H3,(H,17,18). The minimum Gasteiger partial charge on any atom is -0.482 e. The molecule has 0 heterocycles. The predicted octanol–water partition coefficient (Wildman–Crippen LogP) is 2.15. The Bertz CT molecular complexity index is 455. The lowest BCUT2D eigenvalue weighted by molar-refractivity contribution is -0.139. The van der Waals surface area contributed by atoms with E-state index in [0.29, 0.717) is 12.3 Å². The summed E-state index contributed by atoms with van der Waals surface area (Å²) in [5.41, 5.74) is 0.979. The second-order valence-corrected chi connectivity index (χ2v) is 4.83. The predicted molar refractivity (Wildman–Crippen MR) is 75.5 cm³/mol. The lowest BCUT2D eigenvalue weighted by Crippen LogP contribution is -2.30. The number of ether oxygens (including phenoxy) is 1. The summed E-state index contributed by atoms with van der Waals surface area (Å²) in [5.74, 6) is -0.350. The van der Waals surface area contributed by atoms with Crippen molar-refractivity contribution in [1.82, 2.24) is 4.90 Å². The molecule has 20 heavy (non-hydrogen) atoms. The van der Waals surface area contributed by atoms with E-state index < -0.39 is 5.97 Å². The molecule has 1 aromatic carbocycles. The molecule has 1 aromatic rings. The first kappa shape index (κ1) is 16.0. The van der Waals surface area contributed by atoms with Crippen LogP contribution in [-0.2, 0) is 16.1 Å².